The molecule has 3 heteroatoms. The van der Waals surface area contributed by atoms with Gasteiger partial charge in [-0.2, -0.15) is 5.26 Å². The van der Waals surface area contributed by atoms with Gasteiger partial charge in [0, 0.05) is 0 Å². The van der Waals surface area contributed by atoms with Crippen molar-refractivity contribution in [1.82, 2.24) is 5.32 Å². The predicted octanol–water partition coefficient (Wildman–Crippen LogP) is 2.41. The van der Waals surface area contributed by atoms with Crippen LogP contribution in [0.4, 0.5) is 0 Å². The maximum Gasteiger partial charge on any atom is 0.141 e. The van der Waals surface area contributed by atoms with Crippen LogP contribution in [0.2, 0.25) is 0 Å². The molecule has 1 aromatic rings. The molecule has 0 bridgehead atoms. The van der Waals surface area contributed by atoms with E-state index in [-0.39, 0.29) is 0 Å². The van der Waals surface area contributed by atoms with Gasteiger partial charge in [0.15, 0.2) is 0 Å². The van der Waals surface area contributed by atoms with Crippen molar-refractivity contribution in [3.05, 3.63) is 29.8 Å². The number of hydrogen-bond acceptors (Lipinski definition) is 3. The van der Waals surface area contributed by atoms with Crippen LogP contribution in [0.15, 0.2) is 24.3 Å². The van der Waals surface area contributed by atoms with E-state index in [0.717, 1.165) is 31.6 Å². The Morgan fingerprint density at radius 1 is 1.47 bits per heavy atom. The van der Waals surface area contributed by atoms with E-state index >= 15 is 0 Å². The monoisotopic (exact) mass is 230 g/mol. The summed E-state index contributed by atoms with van der Waals surface area (Å²) in [5, 5.41) is 12.6. The van der Waals surface area contributed by atoms with Gasteiger partial charge in [-0.25, -0.2) is 0 Å². The first-order chi connectivity index (χ1) is 8.24. The van der Waals surface area contributed by atoms with Crippen molar-refractivity contribution in [1.29, 1.82) is 5.26 Å². The van der Waals surface area contributed by atoms with Gasteiger partial charge in [0.05, 0.1) is 6.07 Å². The Morgan fingerprint density at radius 2 is 2.35 bits per heavy atom. The summed E-state index contributed by atoms with van der Waals surface area (Å²) in [4.78, 5) is 0. The van der Waals surface area contributed by atoms with Crippen molar-refractivity contribution < 1.29 is 4.74 Å². The SMILES string of the molecule is Cc1cccc(OCC2(C#N)CCCCN2)c1. The van der Waals surface area contributed by atoms with Crippen LogP contribution in [-0.2, 0) is 0 Å². The minimum absolute atomic E-state index is 0.424. The molecule has 1 unspecified atom stereocenters. The first-order valence-electron chi connectivity index (χ1n) is 6.10. The lowest BCUT2D eigenvalue weighted by Gasteiger charge is -2.31. The molecular formula is C14H18N2O. The standard InChI is InChI=1S/C14H18N2O/c1-12-5-4-6-13(9-12)17-11-14(10-15)7-2-3-8-16-14/h4-6,9,16H,2-3,7-8,11H2,1H3. The van der Waals surface area contributed by atoms with E-state index in [1.807, 2.05) is 31.2 Å². The van der Waals surface area contributed by atoms with Crippen LogP contribution in [0.1, 0.15) is 24.8 Å². The lowest BCUT2D eigenvalue weighted by Crippen LogP contribution is -2.51. The second-order valence-electron chi connectivity index (χ2n) is 4.68. The third kappa shape index (κ3) is 2.98. The third-order valence-electron chi connectivity index (χ3n) is 3.18. The molecule has 17 heavy (non-hydrogen) atoms. The summed E-state index contributed by atoms with van der Waals surface area (Å²) in [5.74, 6) is 0.840. The fraction of sp³-hybridized carbons (Fsp3) is 0.500. The van der Waals surface area contributed by atoms with E-state index in [2.05, 4.69) is 11.4 Å². The average molecular weight is 230 g/mol. The average Bonchev–Trinajstić information content (AvgIpc) is 2.38. The van der Waals surface area contributed by atoms with Gasteiger partial charge in [-0.15, -0.1) is 0 Å². The molecule has 1 aliphatic rings. The normalized spacial score (nSPS) is 24.0. The number of aryl methyl sites for hydroxylation is 1. The van der Waals surface area contributed by atoms with Crippen LogP contribution in [0, 0.1) is 18.3 Å². The summed E-state index contributed by atoms with van der Waals surface area (Å²) in [6.07, 6.45) is 3.11. The fourth-order valence-corrected chi connectivity index (χ4v) is 2.13. The molecule has 1 fully saturated rings. The first-order valence-corrected chi connectivity index (χ1v) is 6.10. The molecule has 0 aliphatic carbocycles. The molecule has 0 saturated carbocycles. The van der Waals surface area contributed by atoms with E-state index < -0.39 is 5.54 Å². The van der Waals surface area contributed by atoms with Gasteiger partial charge >= 0.3 is 0 Å². The smallest absolute Gasteiger partial charge is 0.141 e. The Bertz CT molecular complexity index is 416. The molecule has 1 saturated heterocycles. The molecule has 0 spiro atoms. The highest BCUT2D eigenvalue weighted by Crippen LogP contribution is 2.21. The highest BCUT2D eigenvalue weighted by atomic mass is 16.5. The molecular weight excluding hydrogens is 212 g/mol. The Kier molecular flexibility index (Phi) is 3.65. The third-order valence-corrected chi connectivity index (χ3v) is 3.18. The minimum Gasteiger partial charge on any atom is -0.491 e. The predicted molar refractivity (Wildman–Crippen MR) is 66.9 cm³/mol. The van der Waals surface area contributed by atoms with Gasteiger partial charge in [0.2, 0.25) is 0 Å². The van der Waals surface area contributed by atoms with Crippen molar-refractivity contribution >= 4 is 0 Å². The number of rotatable bonds is 3. The molecule has 1 atom stereocenters. The highest BCUT2D eigenvalue weighted by molar-refractivity contribution is 5.28. The number of benzene rings is 1. The van der Waals surface area contributed by atoms with Gasteiger partial charge in [-0.05, 0) is 50.4 Å². The molecule has 1 N–H and O–H groups in total. The molecule has 1 aromatic carbocycles. The van der Waals surface area contributed by atoms with Crippen LogP contribution in [0.3, 0.4) is 0 Å². The number of nitrogens with one attached hydrogen (secondary N) is 1. The van der Waals surface area contributed by atoms with Crippen molar-refractivity contribution in [2.45, 2.75) is 31.7 Å². The Balaban J connectivity index is 1.98. The van der Waals surface area contributed by atoms with Gasteiger partial charge in [0.25, 0.3) is 0 Å². The second-order valence-corrected chi connectivity index (χ2v) is 4.68. The van der Waals surface area contributed by atoms with E-state index in [1.165, 1.54) is 5.56 Å². The number of nitrogens with zero attached hydrogens (tertiary/aromatic N) is 1. The maximum atomic E-state index is 9.28. The van der Waals surface area contributed by atoms with Crippen LogP contribution < -0.4 is 10.1 Å². The van der Waals surface area contributed by atoms with E-state index in [4.69, 9.17) is 4.74 Å². The van der Waals surface area contributed by atoms with Gasteiger partial charge in [-0.3, -0.25) is 5.32 Å². The van der Waals surface area contributed by atoms with Crippen LogP contribution in [0.5, 0.6) is 5.75 Å². The van der Waals surface area contributed by atoms with Gasteiger partial charge in [-0.1, -0.05) is 12.1 Å². The van der Waals surface area contributed by atoms with Gasteiger partial charge < -0.3 is 4.74 Å². The quantitative estimate of drug-likeness (QED) is 0.867. The fourth-order valence-electron chi connectivity index (χ4n) is 2.13. The molecule has 2 rings (SSSR count). The Hall–Kier alpha value is -1.53. The summed E-state index contributed by atoms with van der Waals surface area (Å²) >= 11 is 0. The molecule has 0 radical (unpaired) electrons. The maximum absolute atomic E-state index is 9.28. The first kappa shape index (κ1) is 11.9. The number of hydrogen-bond donors (Lipinski definition) is 1. The molecule has 1 heterocycles. The lowest BCUT2D eigenvalue weighted by molar-refractivity contribution is 0.192. The van der Waals surface area contributed by atoms with Crippen LogP contribution in [0.25, 0.3) is 0 Å². The molecule has 1 aliphatic heterocycles. The molecule has 3 nitrogen and oxygen atoms in total. The van der Waals surface area contributed by atoms with E-state index in [0.29, 0.717) is 6.61 Å². The summed E-state index contributed by atoms with van der Waals surface area (Å²) in [6, 6.07) is 10.3. The Labute approximate surface area is 102 Å². The number of ether oxygens (including phenoxy) is 1. The second kappa shape index (κ2) is 5.20. The summed E-state index contributed by atoms with van der Waals surface area (Å²) < 4.78 is 5.74. The zero-order valence-corrected chi connectivity index (χ0v) is 10.2. The number of nitriles is 1. The summed E-state index contributed by atoms with van der Waals surface area (Å²) in [7, 11) is 0. The molecule has 0 aromatic heterocycles. The summed E-state index contributed by atoms with van der Waals surface area (Å²) in [5.41, 5.74) is 0.673. The molecule has 90 valence electrons. The minimum atomic E-state index is -0.498. The van der Waals surface area contributed by atoms with Crippen molar-refractivity contribution in [2.24, 2.45) is 0 Å². The summed E-state index contributed by atoms with van der Waals surface area (Å²) in [6.45, 7) is 3.36. The number of piperidine rings is 1. The Morgan fingerprint density at radius 3 is 3.00 bits per heavy atom. The molecule has 0 amide bonds. The van der Waals surface area contributed by atoms with Crippen molar-refractivity contribution in [3.8, 4) is 11.8 Å². The highest BCUT2D eigenvalue weighted by Gasteiger charge is 2.32. The van der Waals surface area contributed by atoms with Gasteiger partial charge in [0.1, 0.15) is 17.9 Å². The topological polar surface area (TPSA) is 45.0 Å². The van der Waals surface area contributed by atoms with Crippen molar-refractivity contribution in [3.63, 3.8) is 0 Å². The van der Waals surface area contributed by atoms with Crippen molar-refractivity contribution in [2.75, 3.05) is 13.2 Å². The lowest BCUT2D eigenvalue weighted by atomic mass is 9.91. The van der Waals surface area contributed by atoms with E-state index in [9.17, 15) is 5.26 Å². The largest absolute Gasteiger partial charge is 0.491 e. The van der Waals surface area contributed by atoms with Crippen LogP contribution >= 0.6 is 0 Å². The zero-order valence-electron chi connectivity index (χ0n) is 10.2. The van der Waals surface area contributed by atoms with Crippen LogP contribution in [-0.4, -0.2) is 18.7 Å². The van der Waals surface area contributed by atoms with E-state index in [1.54, 1.807) is 0 Å². The zero-order chi connectivity index (χ0) is 12.1.